The average molecular weight is 541 g/mol. The Morgan fingerprint density at radius 1 is 1.06 bits per heavy atom. The molecule has 0 radical (unpaired) electrons. The molecule has 0 spiro atoms. The Morgan fingerprint density at radius 3 is 2.20 bits per heavy atom. The van der Waals surface area contributed by atoms with E-state index in [1.807, 2.05) is 37.3 Å². The summed E-state index contributed by atoms with van der Waals surface area (Å²) < 4.78 is 26.3. The number of sulfonamides is 1. The molecule has 1 atom stereocenters. The molecule has 7 nitrogen and oxygen atoms in total. The Balaban J connectivity index is 1.92. The summed E-state index contributed by atoms with van der Waals surface area (Å²) in [6.45, 7) is 1.52. The lowest BCUT2D eigenvalue weighted by atomic mass is 10.1. The molecule has 190 valence electrons. The van der Waals surface area contributed by atoms with Crippen LogP contribution in [0.5, 0.6) is 0 Å². The summed E-state index contributed by atoms with van der Waals surface area (Å²) in [5, 5.41) is 3.58. The largest absolute Gasteiger partial charge is 0.352 e. The molecule has 1 aliphatic carbocycles. The number of anilines is 1. The van der Waals surface area contributed by atoms with Gasteiger partial charge in [0.15, 0.2) is 0 Å². The quantitative estimate of drug-likeness (QED) is 0.476. The van der Waals surface area contributed by atoms with Gasteiger partial charge in [-0.1, -0.05) is 73.3 Å². The van der Waals surface area contributed by atoms with Crippen molar-refractivity contribution in [1.29, 1.82) is 0 Å². The monoisotopic (exact) mass is 539 g/mol. The number of benzene rings is 2. The van der Waals surface area contributed by atoms with Gasteiger partial charge in [-0.05, 0) is 43.0 Å². The molecule has 1 aliphatic rings. The van der Waals surface area contributed by atoms with E-state index < -0.39 is 28.5 Å². The smallest absolute Gasteiger partial charge is 0.244 e. The molecule has 0 heterocycles. The highest BCUT2D eigenvalue weighted by Crippen LogP contribution is 2.27. The van der Waals surface area contributed by atoms with Gasteiger partial charge < -0.3 is 10.2 Å². The van der Waals surface area contributed by atoms with Crippen molar-refractivity contribution >= 4 is 50.7 Å². The number of rotatable bonds is 10. The predicted octanol–water partition coefficient (Wildman–Crippen LogP) is 4.63. The summed E-state index contributed by atoms with van der Waals surface area (Å²) in [7, 11) is -3.86. The first-order chi connectivity index (χ1) is 16.6. The number of halogens is 2. The van der Waals surface area contributed by atoms with Crippen LogP contribution in [0.2, 0.25) is 10.0 Å². The van der Waals surface area contributed by atoms with Crippen LogP contribution < -0.4 is 9.62 Å². The van der Waals surface area contributed by atoms with E-state index in [1.165, 1.54) is 23.1 Å². The van der Waals surface area contributed by atoms with Gasteiger partial charge in [-0.15, -0.1) is 0 Å². The zero-order chi connectivity index (χ0) is 25.6. The molecule has 2 amide bonds. The summed E-state index contributed by atoms with van der Waals surface area (Å²) in [6.07, 6.45) is 5.39. The van der Waals surface area contributed by atoms with Crippen LogP contribution >= 0.6 is 23.2 Å². The van der Waals surface area contributed by atoms with Gasteiger partial charge in [-0.2, -0.15) is 0 Å². The van der Waals surface area contributed by atoms with Gasteiger partial charge in [-0.25, -0.2) is 8.42 Å². The van der Waals surface area contributed by atoms with E-state index in [2.05, 4.69) is 5.32 Å². The van der Waals surface area contributed by atoms with E-state index in [4.69, 9.17) is 23.2 Å². The fourth-order valence-corrected chi connectivity index (χ4v) is 5.71. The van der Waals surface area contributed by atoms with Gasteiger partial charge in [0.2, 0.25) is 21.8 Å². The average Bonchev–Trinajstić information content (AvgIpc) is 3.29. The lowest BCUT2D eigenvalue weighted by Gasteiger charge is -2.33. The number of carbonyl (C=O) groups excluding carboxylic acids is 2. The van der Waals surface area contributed by atoms with Gasteiger partial charge in [0, 0.05) is 22.6 Å². The van der Waals surface area contributed by atoms with E-state index in [1.54, 1.807) is 0 Å². The molecule has 1 saturated carbocycles. The fourth-order valence-electron chi connectivity index (χ4n) is 4.36. The molecule has 0 saturated heterocycles. The molecule has 1 fully saturated rings. The lowest BCUT2D eigenvalue weighted by Crippen LogP contribution is -2.53. The number of amides is 2. The molecule has 2 aromatic carbocycles. The highest BCUT2D eigenvalue weighted by atomic mass is 35.5. The fraction of sp³-hybridized carbons (Fsp3) is 0.440. The zero-order valence-corrected chi connectivity index (χ0v) is 22.2. The van der Waals surface area contributed by atoms with Crippen LogP contribution in [0, 0.1) is 0 Å². The lowest BCUT2D eigenvalue weighted by molar-refractivity contribution is -0.140. The van der Waals surface area contributed by atoms with Crippen molar-refractivity contribution in [2.45, 2.75) is 57.7 Å². The summed E-state index contributed by atoms with van der Waals surface area (Å²) in [5.41, 5.74) is 1.02. The van der Waals surface area contributed by atoms with Gasteiger partial charge in [0.1, 0.15) is 12.6 Å². The van der Waals surface area contributed by atoms with Gasteiger partial charge in [0.05, 0.1) is 11.9 Å². The van der Waals surface area contributed by atoms with Gasteiger partial charge in [0.25, 0.3) is 0 Å². The molecule has 0 aliphatic heterocycles. The molecule has 0 bridgehead atoms. The minimum Gasteiger partial charge on any atom is -0.352 e. The van der Waals surface area contributed by atoms with Crippen molar-refractivity contribution in [3.05, 3.63) is 64.1 Å². The van der Waals surface area contributed by atoms with Gasteiger partial charge >= 0.3 is 0 Å². The summed E-state index contributed by atoms with van der Waals surface area (Å²) >= 11 is 12.2. The number of hydrogen-bond acceptors (Lipinski definition) is 4. The van der Waals surface area contributed by atoms with Crippen LogP contribution in [0.1, 0.15) is 44.6 Å². The van der Waals surface area contributed by atoms with E-state index in [0.29, 0.717) is 6.42 Å². The van der Waals surface area contributed by atoms with E-state index in [9.17, 15) is 18.0 Å². The van der Waals surface area contributed by atoms with Crippen LogP contribution in [0.3, 0.4) is 0 Å². The maximum atomic E-state index is 13.7. The summed E-state index contributed by atoms with van der Waals surface area (Å²) in [4.78, 5) is 28.4. The molecule has 35 heavy (non-hydrogen) atoms. The molecule has 0 unspecified atom stereocenters. The van der Waals surface area contributed by atoms with Crippen LogP contribution in [-0.4, -0.2) is 50.0 Å². The highest BCUT2D eigenvalue weighted by Gasteiger charge is 2.33. The van der Waals surface area contributed by atoms with Crippen molar-refractivity contribution in [2.75, 3.05) is 17.1 Å². The van der Waals surface area contributed by atoms with Crippen molar-refractivity contribution < 1.29 is 18.0 Å². The van der Waals surface area contributed by atoms with Crippen molar-refractivity contribution in [3.63, 3.8) is 0 Å². The second kappa shape index (κ2) is 12.1. The van der Waals surface area contributed by atoms with Gasteiger partial charge in [-0.3, -0.25) is 13.9 Å². The normalized spacial score (nSPS) is 15.0. The molecule has 0 aromatic heterocycles. The number of nitrogens with one attached hydrogen (secondary N) is 1. The third kappa shape index (κ3) is 7.59. The van der Waals surface area contributed by atoms with Crippen molar-refractivity contribution in [2.24, 2.45) is 0 Å². The Bertz CT molecular complexity index is 1120. The van der Waals surface area contributed by atoms with Crippen LogP contribution in [0.15, 0.2) is 48.5 Å². The van der Waals surface area contributed by atoms with Crippen molar-refractivity contribution in [1.82, 2.24) is 10.2 Å². The standard InChI is InChI=1S/C25H31Cl2N3O4S/c1-3-23(25(32)28-21-11-7-8-12-21)29(16-18-9-5-4-6-10-18)24(31)17-30(35(2,33)34)22-14-19(26)13-20(27)15-22/h4-6,9-10,13-15,21,23H,3,7-8,11-12,16-17H2,1-2H3,(H,28,32)/t23-/m0/s1. The minimum atomic E-state index is -3.86. The first-order valence-electron chi connectivity index (χ1n) is 11.7. The minimum absolute atomic E-state index is 0.103. The maximum absolute atomic E-state index is 13.7. The van der Waals surface area contributed by atoms with E-state index >= 15 is 0 Å². The third-order valence-corrected chi connectivity index (χ3v) is 7.67. The summed E-state index contributed by atoms with van der Waals surface area (Å²) in [5.74, 6) is -0.718. The van der Waals surface area contributed by atoms with E-state index in [0.717, 1.165) is 41.8 Å². The Morgan fingerprint density at radius 2 is 1.66 bits per heavy atom. The Kier molecular flexibility index (Phi) is 9.44. The highest BCUT2D eigenvalue weighted by molar-refractivity contribution is 7.92. The molecular formula is C25H31Cl2N3O4S. The Labute approximate surface area is 217 Å². The second-order valence-corrected chi connectivity index (χ2v) is 11.6. The first-order valence-corrected chi connectivity index (χ1v) is 14.3. The first kappa shape index (κ1) is 27.3. The molecule has 3 rings (SSSR count). The molecule has 1 N–H and O–H groups in total. The summed E-state index contributed by atoms with van der Waals surface area (Å²) in [6, 6.07) is 13.0. The number of carbonyl (C=O) groups is 2. The SMILES string of the molecule is CC[C@@H](C(=O)NC1CCCC1)N(Cc1ccccc1)C(=O)CN(c1cc(Cl)cc(Cl)c1)S(C)(=O)=O. The maximum Gasteiger partial charge on any atom is 0.244 e. The number of nitrogens with zero attached hydrogens (tertiary/aromatic N) is 2. The van der Waals surface area contributed by atoms with Crippen LogP contribution in [0.25, 0.3) is 0 Å². The Hall–Kier alpha value is -2.29. The third-order valence-electron chi connectivity index (χ3n) is 6.10. The molecule has 10 heteroatoms. The topological polar surface area (TPSA) is 86.8 Å². The second-order valence-electron chi connectivity index (χ2n) is 8.82. The molecule has 2 aromatic rings. The van der Waals surface area contributed by atoms with Crippen molar-refractivity contribution in [3.8, 4) is 0 Å². The van der Waals surface area contributed by atoms with Crippen LogP contribution in [0.4, 0.5) is 5.69 Å². The van der Waals surface area contributed by atoms with E-state index in [-0.39, 0.29) is 34.2 Å². The number of hydrogen-bond donors (Lipinski definition) is 1. The van der Waals surface area contributed by atoms with Crippen LogP contribution in [-0.2, 0) is 26.2 Å². The molecular weight excluding hydrogens is 509 g/mol. The predicted molar refractivity (Wildman–Crippen MR) is 140 cm³/mol. The zero-order valence-electron chi connectivity index (χ0n) is 19.9.